The molecular formula is C23H24FN3O5S. The van der Waals surface area contributed by atoms with Crippen LogP contribution in [0.4, 0.5) is 10.1 Å². The lowest BCUT2D eigenvalue weighted by molar-refractivity contribution is -0.0940. The second-order valence-corrected chi connectivity index (χ2v) is 8.40. The summed E-state index contributed by atoms with van der Waals surface area (Å²) in [4.78, 5) is 31.4. The van der Waals surface area contributed by atoms with Gasteiger partial charge in [-0.1, -0.05) is 12.1 Å². The Labute approximate surface area is 194 Å². The van der Waals surface area contributed by atoms with E-state index in [-0.39, 0.29) is 30.7 Å². The summed E-state index contributed by atoms with van der Waals surface area (Å²) in [7, 11) is 0. The highest BCUT2D eigenvalue weighted by atomic mass is 32.2. The third-order valence-corrected chi connectivity index (χ3v) is 6.26. The fourth-order valence-corrected chi connectivity index (χ4v) is 4.45. The number of fused-ring (bicyclic) bond motifs is 1. The number of carbonyl (C=O) groups excluding carboxylic acids is 1. The lowest BCUT2D eigenvalue weighted by Crippen LogP contribution is -2.39. The molecule has 1 amide bonds. The Morgan fingerprint density at radius 1 is 1.39 bits per heavy atom. The molecule has 2 aromatic rings. The first kappa shape index (κ1) is 23.2. The van der Waals surface area contributed by atoms with Crippen molar-refractivity contribution in [3.8, 4) is 5.75 Å². The molecule has 0 aliphatic carbocycles. The summed E-state index contributed by atoms with van der Waals surface area (Å²) in [6.45, 7) is 1.46. The van der Waals surface area contributed by atoms with Crippen LogP contribution in [0.15, 0.2) is 45.0 Å². The second kappa shape index (κ2) is 10.3. The number of nitrogens with zero attached hydrogens (tertiary/aromatic N) is 2. The van der Waals surface area contributed by atoms with Crippen LogP contribution in [0.5, 0.6) is 5.75 Å². The molecule has 1 atom stereocenters. The van der Waals surface area contributed by atoms with Gasteiger partial charge in [0.15, 0.2) is 5.75 Å². The zero-order valence-electron chi connectivity index (χ0n) is 18.0. The molecule has 2 aliphatic rings. The van der Waals surface area contributed by atoms with E-state index in [9.17, 15) is 19.1 Å². The Kier molecular flexibility index (Phi) is 7.26. The first-order valence-corrected chi connectivity index (χ1v) is 11.7. The van der Waals surface area contributed by atoms with E-state index in [1.807, 2.05) is 6.08 Å². The molecule has 2 aliphatic heterocycles. The fourth-order valence-electron chi connectivity index (χ4n) is 3.81. The number of hydrogen-bond acceptors (Lipinski definition) is 7. The fraction of sp³-hybridized carbons (Fsp3) is 0.348. The van der Waals surface area contributed by atoms with Crippen LogP contribution in [0.25, 0.3) is 0 Å². The minimum Gasteiger partial charge on any atom is -0.505 e. The maximum atomic E-state index is 13.5. The van der Waals surface area contributed by atoms with Crippen molar-refractivity contribution in [2.75, 3.05) is 26.1 Å². The van der Waals surface area contributed by atoms with E-state index < -0.39 is 22.8 Å². The number of pyridine rings is 1. The van der Waals surface area contributed by atoms with Crippen LogP contribution in [0.2, 0.25) is 0 Å². The van der Waals surface area contributed by atoms with Crippen LogP contribution in [0.1, 0.15) is 21.6 Å². The number of aliphatic imine (C=N–C) groups is 1. The highest BCUT2D eigenvalue weighted by Gasteiger charge is 2.28. The van der Waals surface area contributed by atoms with Gasteiger partial charge in [0.05, 0.1) is 38.2 Å². The summed E-state index contributed by atoms with van der Waals surface area (Å²) in [5.41, 5.74) is 0.344. The standard InChI is InChI=1S/C23H24FN3O5S/c1-33-18-10-15(24)6-5-14(18)11-26-22(29)19-21(28)20-17(4-2-3-7-25-20)27(23(19)30)12-16-13-31-8-9-32-16/h2-3,5-7,10,16,28H,4,8-9,11-13H2,1H3,(H,26,29). The highest BCUT2D eigenvalue weighted by molar-refractivity contribution is 7.98. The molecule has 0 radical (unpaired) electrons. The molecule has 4 rings (SSSR count). The first-order valence-electron chi connectivity index (χ1n) is 10.5. The monoisotopic (exact) mass is 473 g/mol. The summed E-state index contributed by atoms with van der Waals surface area (Å²) in [6.07, 6.45) is 6.85. The Hall–Kier alpha value is -2.95. The molecule has 10 heteroatoms. The number of benzene rings is 1. The smallest absolute Gasteiger partial charge is 0.267 e. The molecular weight excluding hydrogens is 449 g/mol. The average Bonchev–Trinajstić information content (AvgIpc) is 3.08. The molecule has 2 N–H and O–H groups in total. The number of hydrogen-bond donors (Lipinski definition) is 2. The summed E-state index contributed by atoms with van der Waals surface area (Å²) in [5, 5.41) is 13.5. The topological polar surface area (TPSA) is 102 Å². The van der Waals surface area contributed by atoms with E-state index in [2.05, 4.69) is 10.3 Å². The van der Waals surface area contributed by atoms with Gasteiger partial charge in [0.1, 0.15) is 17.1 Å². The highest BCUT2D eigenvalue weighted by Crippen LogP contribution is 2.34. The summed E-state index contributed by atoms with van der Waals surface area (Å²) in [6, 6.07) is 4.27. The number of ether oxygens (including phenoxy) is 2. The van der Waals surface area contributed by atoms with Crippen molar-refractivity contribution in [1.82, 2.24) is 9.88 Å². The number of halogens is 1. The molecule has 174 valence electrons. The van der Waals surface area contributed by atoms with Gasteiger partial charge in [-0.15, -0.1) is 11.8 Å². The lowest BCUT2D eigenvalue weighted by Gasteiger charge is -2.26. The summed E-state index contributed by atoms with van der Waals surface area (Å²) >= 11 is 1.35. The number of amides is 1. The van der Waals surface area contributed by atoms with E-state index in [0.29, 0.717) is 42.4 Å². The number of thioether (sulfide) groups is 1. The molecule has 33 heavy (non-hydrogen) atoms. The number of aromatic nitrogens is 1. The first-order chi connectivity index (χ1) is 16.0. The zero-order chi connectivity index (χ0) is 23.4. The van der Waals surface area contributed by atoms with Gasteiger partial charge in [0.25, 0.3) is 11.5 Å². The van der Waals surface area contributed by atoms with E-state index >= 15 is 0 Å². The number of rotatable bonds is 6. The maximum absolute atomic E-state index is 13.5. The molecule has 8 nitrogen and oxygen atoms in total. The van der Waals surface area contributed by atoms with E-state index in [1.165, 1.54) is 34.7 Å². The van der Waals surface area contributed by atoms with Gasteiger partial charge in [-0.3, -0.25) is 14.6 Å². The van der Waals surface area contributed by atoms with Gasteiger partial charge < -0.3 is 24.5 Å². The third kappa shape index (κ3) is 5.02. The third-order valence-electron chi connectivity index (χ3n) is 5.44. The molecule has 1 fully saturated rings. The maximum Gasteiger partial charge on any atom is 0.267 e. The van der Waals surface area contributed by atoms with E-state index in [4.69, 9.17) is 9.47 Å². The number of aromatic hydroxyl groups is 1. The van der Waals surface area contributed by atoms with Crippen LogP contribution < -0.4 is 10.9 Å². The largest absolute Gasteiger partial charge is 0.505 e. The average molecular weight is 474 g/mol. The Balaban J connectivity index is 1.68. The molecule has 0 spiro atoms. The minimum absolute atomic E-state index is 0.0651. The molecule has 0 saturated carbocycles. The second-order valence-electron chi connectivity index (χ2n) is 7.55. The van der Waals surface area contributed by atoms with Crippen LogP contribution in [-0.4, -0.2) is 54.0 Å². The van der Waals surface area contributed by atoms with Crippen molar-refractivity contribution in [1.29, 1.82) is 0 Å². The number of allylic oxidation sites excluding steroid dienone is 2. The van der Waals surface area contributed by atoms with Crippen LogP contribution >= 0.6 is 11.8 Å². The summed E-state index contributed by atoms with van der Waals surface area (Å²) in [5.74, 6) is -1.58. The van der Waals surface area contributed by atoms with Gasteiger partial charge in [0, 0.05) is 24.1 Å². The SMILES string of the molecule is CSc1cc(F)ccc1CNC(=O)c1c(O)c2c(n(CC3COCCO3)c1=O)CC=CC=N2. The van der Waals surface area contributed by atoms with Crippen LogP contribution in [0, 0.1) is 5.82 Å². The van der Waals surface area contributed by atoms with E-state index in [1.54, 1.807) is 18.4 Å². The van der Waals surface area contributed by atoms with Crippen molar-refractivity contribution in [2.45, 2.75) is 30.5 Å². The molecule has 3 heterocycles. The van der Waals surface area contributed by atoms with Crippen molar-refractivity contribution in [3.63, 3.8) is 0 Å². The molecule has 1 saturated heterocycles. The van der Waals surface area contributed by atoms with Crippen molar-refractivity contribution in [3.05, 3.63) is 63.3 Å². The molecule has 1 aromatic heterocycles. The Morgan fingerprint density at radius 2 is 2.24 bits per heavy atom. The zero-order valence-corrected chi connectivity index (χ0v) is 18.9. The van der Waals surface area contributed by atoms with Gasteiger partial charge in [-0.05, 0) is 30.0 Å². The van der Waals surface area contributed by atoms with Crippen molar-refractivity contribution >= 4 is 29.6 Å². The molecule has 1 aromatic carbocycles. The van der Waals surface area contributed by atoms with Crippen LogP contribution in [-0.2, 0) is 29.0 Å². The van der Waals surface area contributed by atoms with E-state index in [0.717, 1.165) is 0 Å². The lowest BCUT2D eigenvalue weighted by atomic mass is 10.1. The molecule has 0 bridgehead atoms. The van der Waals surface area contributed by atoms with Crippen molar-refractivity contribution in [2.24, 2.45) is 4.99 Å². The van der Waals surface area contributed by atoms with Gasteiger partial charge >= 0.3 is 0 Å². The Bertz CT molecular complexity index is 1170. The van der Waals surface area contributed by atoms with Gasteiger partial charge in [0.2, 0.25) is 0 Å². The minimum atomic E-state index is -0.737. The summed E-state index contributed by atoms with van der Waals surface area (Å²) < 4.78 is 26.1. The van der Waals surface area contributed by atoms with Gasteiger partial charge in [-0.2, -0.15) is 0 Å². The predicted molar refractivity (Wildman–Crippen MR) is 123 cm³/mol. The predicted octanol–water partition coefficient (Wildman–Crippen LogP) is 2.57. The quantitative estimate of drug-likeness (QED) is 0.626. The normalized spacial score (nSPS) is 17.5. The number of carbonyl (C=O) groups is 1. The van der Waals surface area contributed by atoms with Gasteiger partial charge in [-0.25, -0.2) is 4.39 Å². The van der Waals surface area contributed by atoms with Crippen molar-refractivity contribution < 1.29 is 23.8 Å². The number of nitrogens with one attached hydrogen (secondary N) is 1. The molecule has 1 unspecified atom stereocenters. The Morgan fingerprint density at radius 3 is 3.00 bits per heavy atom. The van der Waals surface area contributed by atoms with Crippen LogP contribution in [0.3, 0.4) is 0 Å².